The highest BCUT2D eigenvalue weighted by molar-refractivity contribution is 5.94. The fourth-order valence-electron chi connectivity index (χ4n) is 2.24. The Balaban J connectivity index is 1.73. The SMILES string of the molecule is O=C(c1ccc(-n2cnnc2)nc1)N1CCC(O)CC1. The molecule has 1 aliphatic rings. The van der Waals surface area contributed by atoms with Gasteiger partial charge in [0, 0.05) is 19.3 Å². The van der Waals surface area contributed by atoms with E-state index in [9.17, 15) is 9.90 Å². The zero-order valence-corrected chi connectivity index (χ0v) is 10.9. The number of rotatable bonds is 2. The largest absolute Gasteiger partial charge is 0.393 e. The normalized spacial score (nSPS) is 16.4. The fourth-order valence-corrected chi connectivity index (χ4v) is 2.24. The third-order valence-electron chi connectivity index (χ3n) is 3.43. The molecule has 0 saturated carbocycles. The van der Waals surface area contributed by atoms with E-state index < -0.39 is 0 Å². The summed E-state index contributed by atoms with van der Waals surface area (Å²) in [5, 5.41) is 16.9. The van der Waals surface area contributed by atoms with Crippen molar-refractivity contribution >= 4 is 5.91 Å². The molecule has 20 heavy (non-hydrogen) atoms. The Hall–Kier alpha value is -2.28. The maximum Gasteiger partial charge on any atom is 0.255 e. The number of nitrogens with zero attached hydrogens (tertiary/aromatic N) is 5. The van der Waals surface area contributed by atoms with Gasteiger partial charge in [0.15, 0.2) is 0 Å². The molecule has 0 atom stereocenters. The van der Waals surface area contributed by atoms with Crippen molar-refractivity contribution in [2.75, 3.05) is 13.1 Å². The first-order valence-electron chi connectivity index (χ1n) is 6.52. The summed E-state index contributed by atoms with van der Waals surface area (Å²) in [6.45, 7) is 1.18. The number of carbonyl (C=O) groups excluding carboxylic acids is 1. The first kappa shape index (κ1) is 12.7. The van der Waals surface area contributed by atoms with Crippen LogP contribution in [0.2, 0.25) is 0 Å². The van der Waals surface area contributed by atoms with Gasteiger partial charge in [-0.05, 0) is 25.0 Å². The second-order valence-electron chi connectivity index (χ2n) is 4.80. The zero-order chi connectivity index (χ0) is 13.9. The molecular formula is C13H15N5O2. The average molecular weight is 273 g/mol. The number of aromatic nitrogens is 4. The molecule has 0 bridgehead atoms. The molecule has 2 aromatic heterocycles. The van der Waals surface area contributed by atoms with Crippen molar-refractivity contribution in [3.63, 3.8) is 0 Å². The fraction of sp³-hybridized carbons (Fsp3) is 0.385. The molecule has 7 heteroatoms. The van der Waals surface area contributed by atoms with Crippen LogP contribution in [-0.4, -0.2) is 54.9 Å². The predicted molar refractivity (Wildman–Crippen MR) is 70.3 cm³/mol. The Morgan fingerprint density at radius 3 is 2.50 bits per heavy atom. The van der Waals surface area contributed by atoms with Gasteiger partial charge in [0.05, 0.1) is 11.7 Å². The van der Waals surface area contributed by atoms with Crippen LogP contribution in [0.3, 0.4) is 0 Å². The first-order chi connectivity index (χ1) is 9.74. The number of carbonyl (C=O) groups is 1. The summed E-state index contributed by atoms with van der Waals surface area (Å²) < 4.78 is 1.67. The molecule has 7 nitrogen and oxygen atoms in total. The number of likely N-dealkylation sites (tertiary alicyclic amines) is 1. The third kappa shape index (κ3) is 2.53. The minimum Gasteiger partial charge on any atom is -0.393 e. The van der Waals surface area contributed by atoms with Gasteiger partial charge in [0.25, 0.3) is 5.91 Å². The summed E-state index contributed by atoms with van der Waals surface area (Å²) in [7, 11) is 0. The third-order valence-corrected chi connectivity index (χ3v) is 3.43. The molecule has 1 fully saturated rings. The maximum absolute atomic E-state index is 12.3. The highest BCUT2D eigenvalue weighted by Crippen LogP contribution is 2.14. The highest BCUT2D eigenvalue weighted by atomic mass is 16.3. The van der Waals surface area contributed by atoms with Crippen LogP contribution < -0.4 is 0 Å². The van der Waals surface area contributed by atoms with Crippen molar-refractivity contribution in [1.82, 2.24) is 24.6 Å². The van der Waals surface area contributed by atoms with Crippen LogP contribution in [0.1, 0.15) is 23.2 Å². The number of pyridine rings is 1. The minimum absolute atomic E-state index is 0.0419. The highest BCUT2D eigenvalue weighted by Gasteiger charge is 2.22. The maximum atomic E-state index is 12.3. The molecule has 0 radical (unpaired) electrons. The molecule has 3 rings (SSSR count). The number of hydrogen-bond acceptors (Lipinski definition) is 5. The van der Waals surface area contributed by atoms with Crippen molar-refractivity contribution in [3.05, 3.63) is 36.5 Å². The molecule has 0 spiro atoms. The molecule has 0 aromatic carbocycles. The second kappa shape index (κ2) is 5.38. The Morgan fingerprint density at radius 2 is 1.90 bits per heavy atom. The summed E-state index contributed by atoms with van der Waals surface area (Å²) in [5.41, 5.74) is 0.554. The van der Waals surface area contributed by atoms with Gasteiger partial charge in [0.2, 0.25) is 0 Å². The van der Waals surface area contributed by atoms with Crippen LogP contribution in [0.15, 0.2) is 31.0 Å². The predicted octanol–water partition coefficient (Wildman–Crippen LogP) is 0.259. The Bertz CT molecular complexity index is 573. The molecule has 2 aromatic rings. The van der Waals surface area contributed by atoms with E-state index in [2.05, 4.69) is 15.2 Å². The van der Waals surface area contributed by atoms with Gasteiger partial charge < -0.3 is 10.0 Å². The average Bonchev–Trinajstić information content (AvgIpc) is 3.02. The van der Waals surface area contributed by atoms with Crippen LogP contribution in [0.4, 0.5) is 0 Å². The lowest BCUT2D eigenvalue weighted by Crippen LogP contribution is -2.40. The van der Waals surface area contributed by atoms with E-state index in [4.69, 9.17) is 0 Å². The van der Waals surface area contributed by atoms with E-state index in [0.29, 0.717) is 37.3 Å². The molecule has 1 amide bonds. The van der Waals surface area contributed by atoms with E-state index in [1.54, 1.807) is 40.5 Å². The van der Waals surface area contributed by atoms with Gasteiger partial charge in [0.1, 0.15) is 18.5 Å². The molecule has 1 aliphatic heterocycles. The smallest absolute Gasteiger partial charge is 0.255 e. The summed E-state index contributed by atoms with van der Waals surface area (Å²) in [4.78, 5) is 18.3. The van der Waals surface area contributed by atoms with Gasteiger partial charge in [-0.25, -0.2) is 4.98 Å². The van der Waals surface area contributed by atoms with E-state index in [1.165, 1.54) is 0 Å². The number of aliphatic hydroxyl groups excluding tert-OH is 1. The lowest BCUT2D eigenvalue weighted by atomic mass is 10.1. The van der Waals surface area contributed by atoms with Crippen LogP contribution in [0, 0.1) is 0 Å². The van der Waals surface area contributed by atoms with Crippen LogP contribution in [0.25, 0.3) is 5.82 Å². The minimum atomic E-state index is -0.284. The van der Waals surface area contributed by atoms with Crippen molar-refractivity contribution in [2.45, 2.75) is 18.9 Å². The van der Waals surface area contributed by atoms with Crippen molar-refractivity contribution in [1.29, 1.82) is 0 Å². The molecule has 0 aliphatic carbocycles. The molecule has 3 heterocycles. The van der Waals surface area contributed by atoms with Gasteiger partial charge in [-0.15, -0.1) is 10.2 Å². The second-order valence-corrected chi connectivity index (χ2v) is 4.80. The van der Waals surface area contributed by atoms with Crippen molar-refractivity contribution < 1.29 is 9.90 Å². The van der Waals surface area contributed by atoms with Gasteiger partial charge in [-0.3, -0.25) is 9.36 Å². The lowest BCUT2D eigenvalue weighted by molar-refractivity contribution is 0.0546. The number of hydrogen-bond donors (Lipinski definition) is 1. The van der Waals surface area contributed by atoms with Crippen molar-refractivity contribution in [3.8, 4) is 5.82 Å². The Morgan fingerprint density at radius 1 is 1.20 bits per heavy atom. The summed E-state index contributed by atoms with van der Waals surface area (Å²) in [6.07, 6.45) is 5.65. The van der Waals surface area contributed by atoms with Crippen LogP contribution >= 0.6 is 0 Å². The van der Waals surface area contributed by atoms with Gasteiger partial charge in [-0.2, -0.15) is 0 Å². The Labute approximate surface area is 115 Å². The van der Waals surface area contributed by atoms with Gasteiger partial charge >= 0.3 is 0 Å². The first-order valence-corrected chi connectivity index (χ1v) is 6.52. The number of amides is 1. The van der Waals surface area contributed by atoms with Crippen LogP contribution in [-0.2, 0) is 0 Å². The zero-order valence-electron chi connectivity index (χ0n) is 10.9. The monoisotopic (exact) mass is 273 g/mol. The van der Waals surface area contributed by atoms with Crippen LogP contribution in [0.5, 0.6) is 0 Å². The summed E-state index contributed by atoms with van der Waals surface area (Å²) >= 11 is 0. The summed E-state index contributed by atoms with van der Waals surface area (Å²) in [6, 6.07) is 3.51. The van der Waals surface area contributed by atoms with E-state index >= 15 is 0 Å². The van der Waals surface area contributed by atoms with E-state index in [-0.39, 0.29) is 12.0 Å². The quantitative estimate of drug-likeness (QED) is 0.848. The van der Waals surface area contributed by atoms with E-state index in [0.717, 1.165) is 0 Å². The molecule has 104 valence electrons. The Kier molecular flexibility index (Phi) is 3.42. The van der Waals surface area contributed by atoms with Crippen molar-refractivity contribution in [2.24, 2.45) is 0 Å². The number of piperidine rings is 1. The summed E-state index contributed by atoms with van der Waals surface area (Å²) in [5.74, 6) is 0.625. The molecule has 1 saturated heterocycles. The molecule has 1 N–H and O–H groups in total. The standard InChI is InChI=1S/C13H15N5O2/c19-11-3-5-17(6-4-11)13(20)10-1-2-12(14-7-10)18-8-15-16-9-18/h1-2,7-9,11,19H,3-6H2. The lowest BCUT2D eigenvalue weighted by Gasteiger charge is -2.29. The van der Waals surface area contributed by atoms with E-state index in [1.807, 2.05) is 0 Å². The number of aliphatic hydroxyl groups is 1. The topological polar surface area (TPSA) is 84.1 Å². The molecule has 0 unspecified atom stereocenters. The molecular weight excluding hydrogens is 258 g/mol. The van der Waals surface area contributed by atoms with Gasteiger partial charge in [-0.1, -0.05) is 0 Å².